The zero-order chi connectivity index (χ0) is 23.4. The van der Waals surface area contributed by atoms with Gasteiger partial charge in [-0.3, -0.25) is 9.59 Å². The van der Waals surface area contributed by atoms with E-state index in [9.17, 15) is 14.7 Å². The van der Waals surface area contributed by atoms with Crippen molar-refractivity contribution in [3.8, 4) is 5.75 Å². The van der Waals surface area contributed by atoms with E-state index in [-0.39, 0.29) is 11.3 Å². The maximum absolute atomic E-state index is 13.1. The van der Waals surface area contributed by atoms with Crippen LogP contribution in [0.15, 0.2) is 48.0 Å². The molecule has 1 atom stereocenters. The summed E-state index contributed by atoms with van der Waals surface area (Å²) in [6.45, 7) is 7.49. The van der Waals surface area contributed by atoms with E-state index in [1.54, 1.807) is 4.90 Å². The van der Waals surface area contributed by atoms with Crippen LogP contribution in [0.2, 0.25) is 0 Å². The Bertz CT molecular complexity index is 1020. The first-order chi connectivity index (χ1) is 15.2. The van der Waals surface area contributed by atoms with Gasteiger partial charge in [-0.05, 0) is 77.2 Å². The number of benzene rings is 2. The molecular weight excluding hydrogens is 404 g/mol. The normalized spacial score (nSPS) is 17.9. The number of aliphatic hydroxyl groups is 1. The summed E-state index contributed by atoms with van der Waals surface area (Å²) in [5.74, 6) is -0.629. The maximum Gasteiger partial charge on any atom is 0.295 e. The number of hydrogen-bond donors (Lipinski definition) is 1. The maximum atomic E-state index is 13.1. The largest absolute Gasteiger partial charge is 0.507 e. The predicted molar refractivity (Wildman–Crippen MR) is 126 cm³/mol. The van der Waals surface area contributed by atoms with Crippen LogP contribution in [0.5, 0.6) is 5.75 Å². The third-order valence-corrected chi connectivity index (χ3v) is 5.70. The summed E-state index contributed by atoms with van der Waals surface area (Å²) in [7, 11) is 3.94. The Balaban J connectivity index is 2.11. The highest BCUT2D eigenvalue weighted by molar-refractivity contribution is 6.46. The fourth-order valence-corrected chi connectivity index (χ4v) is 4.06. The lowest BCUT2D eigenvalue weighted by atomic mass is 9.93. The standard InChI is InChI=1S/C26H32N2O4/c1-6-32-20-12-10-19(11-13-20)23-22(24(29)21-16-17(2)8-9-18(21)3)25(30)26(31)28(23)15-7-14-27(4)5/h8-13,16,23,29H,6-7,14-15H2,1-5H3/t23-/m1/s1. The van der Waals surface area contributed by atoms with Gasteiger partial charge in [-0.1, -0.05) is 29.8 Å². The van der Waals surface area contributed by atoms with Gasteiger partial charge in [0.15, 0.2) is 0 Å². The Morgan fingerprint density at radius 3 is 2.41 bits per heavy atom. The van der Waals surface area contributed by atoms with Gasteiger partial charge in [-0.25, -0.2) is 0 Å². The summed E-state index contributed by atoms with van der Waals surface area (Å²) < 4.78 is 5.54. The highest BCUT2D eigenvalue weighted by atomic mass is 16.5. The van der Waals surface area contributed by atoms with Gasteiger partial charge in [0.2, 0.25) is 0 Å². The van der Waals surface area contributed by atoms with Crippen molar-refractivity contribution in [3.63, 3.8) is 0 Å². The molecule has 1 fully saturated rings. The van der Waals surface area contributed by atoms with E-state index in [0.717, 1.165) is 35.4 Å². The molecule has 2 aromatic rings. The van der Waals surface area contributed by atoms with Crippen LogP contribution in [0.4, 0.5) is 0 Å². The van der Waals surface area contributed by atoms with Crippen molar-refractivity contribution in [1.29, 1.82) is 0 Å². The van der Waals surface area contributed by atoms with Gasteiger partial charge in [0.25, 0.3) is 11.7 Å². The number of ether oxygens (including phenoxy) is 1. The number of ketones is 1. The molecule has 0 unspecified atom stereocenters. The average molecular weight is 437 g/mol. The molecule has 6 heteroatoms. The number of aryl methyl sites for hydroxylation is 2. The second-order valence-electron chi connectivity index (χ2n) is 8.47. The molecule has 0 radical (unpaired) electrons. The molecule has 0 spiro atoms. The average Bonchev–Trinajstić information content (AvgIpc) is 3.00. The molecule has 0 aliphatic carbocycles. The molecule has 1 aliphatic heterocycles. The van der Waals surface area contributed by atoms with E-state index >= 15 is 0 Å². The Morgan fingerprint density at radius 2 is 1.78 bits per heavy atom. The first-order valence-electron chi connectivity index (χ1n) is 11.0. The lowest BCUT2D eigenvalue weighted by Gasteiger charge is -2.26. The smallest absolute Gasteiger partial charge is 0.295 e. The number of carbonyl (C=O) groups excluding carboxylic acids is 2. The van der Waals surface area contributed by atoms with Gasteiger partial charge in [0.05, 0.1) is 18.2 Å². The van der Waals surface area contributed by atoms with Crippen molar-refractivity contribution in [2.45, 2.75) is 33.2 Å². The molecule has 1 aliphatic rings. The predicted octanol–water partition coefficient (Wildman–Crippen LogP) is 4.08. The quantitative estimate of drug-likeness (QED) is 0.384. The molecule has 0 bridgehead atoms. The molecule has 1 amide bonds. The van der Waals surface area contributed by atoms with Crippen LogP contribution in [0.1, 0.15) is 41.6 Å². The summed E-state index contributed by atoms with van der Waals surface area (Å²) in [6, 6.07) is 12.4. The minimum Gasteiger partial charge on any atom is -0.507 e. The van der Waals surface area contributed by atoms with Crippen molar-refractivity contribution in [1.82, 2.24) is 9.80 Å². The van der Waals surface area contributed by atoms with E-state index in [2.05, 4.69) is 0 Å². The van der Waals surface area contributed by atoms with Gasteiger partial charge in [0.1, 0.15) is 11.5 Å². The fourth-order valence-electron chi connectivity index (χ4n) is 4.06. The van der Waals surface area contributed by atoms with E-state index in [4.69, 9.17) is 4.74 Å². The summed E-state index contributed by atoms with van der Waals surface area (Å²) in [5, 5.41) is 11.3. The number of likely N-dealkylation sites (tertiary alicyclic amines) is 1. The number of amides is 1. The van der Waals surface area contributed by atoms with Crippen molar-refractivity contribution >= 4 is 17.4 Å². The van der Waals surface area contributed by atoms with Crippen LogP contribution >= 0.6 is 0 Å². The summed E-state index contributed by atoms with van der Waals surface area (Å²) in [4.78, 5) is 29.8. The van der Waals surface area contributed by atoms with Gasteiger partial charge in [-0.2, -0.15) is 0 Å². The van der Waals surface area contributed by atoms with Gasteiger partial charge >= 0.3 is 0 Å². The first-order valence-corrected chi connectivity index (χ1v) is 11.0. The minimum absolute atomic E-state index is 0.126. The topological polar surface area (TPSA) is 70.1 Å². The van der Waals surface area contributed by atoms with E-state index < -0.39 is 17.7 Å². The zero-order valence-corrected chi connectivity index (χ0v) is 19.5. The second kappa shape index (κ2) is 10.0. The molecular formula is C26H32N2O4. The third-order valence-electron chi connectivity index (χ3n) is 5.70. The monoisotopic (exact) mass is 436 g/mol. The summed E-state index contributed by atoms with van der Waals surface area (Å²) >= 11 is 0. The van der Waals surface area contributed by atoms with Crippen molar-refractivity contribution < 1.29 is 19.4 Å². The number of carbonyl (C=O) groups is 2. The molecule has 32 heavy (non-hydrogen) atoms. The van der Waals surface area contributed by atoms with Crippen LogP contribution in [-0.2, 0) is 9.59 Å². The third kappa shape index (κ3) is 4.86. The summed E-state index contributed by atoms with van der Waals surface area (Å²) in [6.07, 6.45) is 0.719. The molecule has 2 aromatic carbocycles. The van der Waals surface area contributed by atoms with Crippen LogP contribution in [0, 0.1) is 13.8 Å². The van der Waals surface area contributed by atoms with Crippen LogP contribution < -0.4 is 4.74 Å². The van der Waals surface area contributed by atoms with Crippen LogP contribution in [-0.4, -0.2) is 60.4 Å². The molecule has 3 rings (SSSR count). The van der Waals surface area contributed by atoms with Crippen molar-refractivity contribution in [2.75, 3.05) is 33.8 Å². The first kappa shape index (κ1) is 23.5. The van der Waals surface area contributed by atoms with Crippen molar-refractivity contribution in [2.24, 2.45) is 0 Å². The number of Topliss-reactive ketones (excluding diaryl/α,β-unsaturated/α-hetero) is 1. The Morgan fingerprint density at radius 1 is 1.09 bits per heavy atom. The van der Waals surface area contributed by atoms with Crippen LogP contribution in [0.3, 0.4) is 0 Å². The molecule has 170 valence electrons. The lowest BCUT2D eigenvalue weighted by Crippen LogP contribution is -2.32. The minimum atomic E-state index is -0.646. The number of nitrogens with zero attached hydrogens (tertiary/aromatic N) is 2. The fraction of sp³-hybridized carbons (Fsp3) is 0.385. The van der Waals surface area contributed by atoms with Crippen LogP contribution in [0.25, 0.3) is 5.76 Å². The Kier molecular flexibility index (Phi) is 7.36. The number of hydrogen-bond acceptors (Lipinski definition) is 5. The summed E-state index contributed by atoms with van der Waals surface area (Å²) in [5.41, 5.74) is 3.29. The van der Waals surface area contributed by atoms with Gasteiger partial charge in [-0.15, -0.1) is 0 Å². The van der Waals surface area contributed by atoms with Gasteiger partial charge < -0.3 is 19.6 Å². The zero-order valence-electron chi connectivity index (χ0n) is 19.5. The Labute approximate surface area is 190 Å². The highest BCUT2D eigenvalue weighted by Gasteiger charge is 2.45. The van der Waals surface area contributed by atoms with Gasteiger partial charge in [0, 0.05) is 12.1 Å². The molecule has 1 heterocycles. The molecule has 0 saturated carbocycles. The number of rotatable bonds is 8. The molecule has 1 N–H and O–H groups in total. The van der Waals surface area contributed by atoms with Crippen molar-refractivity contribution in [3.05, 3.63) is 70.3 Å². The molecule has 0 aromatic heterocycles. The lowest BCUT2D eigenvalue weighted by molar-refractivity contribution is -0.139. The molecule has 1 saturated heterocycles. The van der Waals surface area contributed by atoms with E-state index in [1.165, 1.54) is 0 Å². The Hall–Kier alpha value is -3.12. The highest BCUT2D eigenvalue weighted by Crippen LogP contribution is 2.40. The number of aliphatic hydroxyl groups excluding tert-OH is 1. The van der Waals surface area contributed by atoms with E-state index in [0.29, 0.717) is 18.7 Å². The van der Waals surface area contributed by atoms with E-state index in [1.807, 2.05) is 82.2 Å². The SMILES string of the molecule is CCOc1ccc([C@@H]2C(=C(O)c3cc(C)ccc3C)C(=O)C(=O)N2CCCN(C)C)cc1. The second-order valence-corrected chi connectivity index (χ2v) is 8.47. The molecule has 6 nitrogen and oxygen atoms in total.